The highest BCUT2D eigenvalue weighted by molar-refractivity contribution is 5.99. The molecular formula is C29H32N6O2. The number of nitrogens with zero attached hydrogens (tertiary/aromatic N) is 4. The van der Waals surface area contributed by atoms with Gasteiger partial charge in [-0.2, -0.15) is 0 Å². The summed E-state index contributed by atoms with van der Waals surface area (Å²) in [5.74, 6) is 0.0258. The molecule has 2 amide bonds. The minimum Gasteiger partial charge on any atom is -0.352 e. The molecule has 0 radical (unpaired) electrons. The van der Waals surface area contributed by atoms with E-state index in [1.165, 1.54) is 0 Å². The summed E-state index contributed by atoms with van der Waals surface area (Å²) in [4.78, 5) is 33.6. The Morgan fingerprint density at radius 2 is 1.86 bits per heavy atom. The van der Waals surface area contributed by atoms with Crippen molar-refractivity contribution >= 4 is 28.8 Å². The molecule has 0 spiro atoms. The number of amides is 2. The van der Waals surface area contributed by atoms with Gasteiger partial charge in [-0.15, -0.1) is 0 Å². The Morgan fingerprint density at radius 3 is 2.62 bits per heavy atom. The van der Waals surface area contributed by atoms with Crippen LogP contribution in [0.1, 0.15) is 40.1 Å². The number of nitrogens with one attached hydrogen (secondary N) is 2. The van der Waals surface area contributed by atoms with E-state index in [-0.39, 0.29) is 11.8 Å². The maximum Gasteiger partial charge on any atom is 0.253 e. The molecule has 0 saturated heterocycles. The second-order valence-electron chi connectivity index (χ2n) is 9.29. The van der Waals surface area contributed by atoms with Crippen LogP contribution in [0.4, 0.5) is 11.4 Å². The van der Waals surface area contributed by atoms with Crippen LogP contribution in [0, 0.1) is 0 Å². The Balaban J connectivity index is 1.34. The van der Waals surface area contributed by atoms with Crippen molar-refractivity contribution in [2.45, 2.75) is 20.4 Å². The van der Waals surface area contributed by atoms with Gasteiger partial charge in [0.2, 0.25) is 0 Å². The number of fused-ring (bicyclic) bond motifs is 2. The molecule has 0 unspecified atom stereocenters. The first-order chi connectivity index (χ1) is 18.0. The summed E-state index contributed by atoms with van der Waals surface area (Å²) in [6.07, 6.45) is 3.71. The van der Waals surface area contributed by atoms with Crippen molar-refractivity contribution in [3.05, 3.63) is 83.7 Å². The van der Waals surface area contributed by atoms with Crippen LogP contribution in [0.25, 0.3) is 16.9 Å². The molecule has 0 saturated carbocycles. The predicted octanol–water partition coefficient (Wildman–Crippen LogP) is 4.40. The van der Waals surface area contributed by atoms with Crippen molar-refractivity contribution in [2.75, 3.05) is 38.5 Å². The second kappa shape index (κ2) is 10.4. The summed E-state index contributed by atoms with van der Waals surface area (Å²) < 4.78 is 2.04. The fourth-order valence-electron chi connectivity index (χ4n) is 4.63. The summed E-state index contributed by atoms with van der Waals surface area (Å²) >= 11 is 0. The smallest absolute Gasteiger partial charge is 0.253 e. The third-order valence-corrected chi connectivity index (χ3v) is 7.01. The normalized spacial score (nSPS) is 12.6. The van der Waals surface area contributed by atoms with Crippen molar-refractivity contribution < 1.29 is 9.59 Å². The topological polar surface area (TPSA) is 82.0 Å². The number of anilines is 2. The van der Waals surface area contributed by atoms with Gasteiger partial charge in [0, 0.05) is 55.4 Å². The molecule has 1 aliphatic heterocycles. The number of hydrogen-bond donors (Lipinski definition) is 2. The zero-order valence-corrected chi connectivity index (χ0v) is 21.5. The Hall–Kier alpha value is -4.17. The van der Waals surface area contributed by atoms with E-state index < -0.39 is 0 Å². The number of carbonyl (C=O) groups is 2. The molecule has 4 aromatic rings. The first-order valence-corrected chi connectivity index (χ1v) is 12.7. The van der Waals surface area contributed by atoms with Gasteiger partial charge in [0.1, 0.15) is 0 Å². The molecule has 37 heavy (non-hydrogen) atoms. The number of pyridine rings is 1. The van der Waals surface area contributed by atoms with Gasteiger partial charge in [-0.1, -0.05) is 13.0 Å². The zero-order valence-electron chi connectivity index (χ0n) is 21.5. The Kier molecular flexibility index (Phi) is 6.92. The van der Waals surface area contributed by atoms with Crippen LogP contribution in [-0.2, 0) is 6.54 Å². The molecule has 190 valence electrons. The standard InChI is InChI=1S/C29H32N6O2/c1-4-33(3)16-17-34(5-2)29(37)20-6-9-23(10-7-20)32-25-12-13-26(35-15-14-30-27(25)35)21-8-11-24-22(18-21)19-31-28(24)36/h6-15,18,32H,4-5,16-17,19H2,1-3H3,(H,31,36). The molecule has 0 atom stereocenters. The summed E-state index contributed by atoms with van der Waals surface area (Å²) in [6.45, 7) is 7.88. The number of imidazole rings is 1. The molecule has 8 heteroatoms. The van der Waals surface area contributed by atoms with Gasteiger partial charge in [-0.05, 0) is 80.2 Å². The minimum atomic E-state index is -0.0203. The van der Waals surface area contributed by atoms with E-state index in [9.17, 15) is 9.59 Å². The van der Waals surface area contributed by atoms with Crippen LogP contribution < -0.4 is 10.6 Å². The lowest BCUT2D eigenvalue weighted by molar-refractivity contribution is 0.0750. The largest absolute Gasteiger partial charge is 0.352 e. The molecule has 0 fully saturated rings. The molecule has 2 N–H and O–H groups in total. The number of benzene rings is 2. The lowest BCUT2D eigenvalue weighted by Gasteiger charge is -2.24. The van der Waals surface area contributed by atoms with Crippen LogP contribution in [0.15, 0.2) is 67.0 Å². The summed E-state index contributed by atoms with van der Waals surface area (Å²) in [6, 6.07) is 17.6. The Morgan fingerprint density at radius 1 is 1.05 bits per heavy atom. The van der Waals surface area contributed by atoms with Gasteiger partial charge in [-0.3, -0.25) is 14.0 Å². The van der Waals surface area contributed by atoms with Crippen molar-refractivity contribution in [3.63, 3.8) is 0 Å². The predicted molar refractivity (Wildman–Crippen MR) is 146 cm³/mol. The fourth-order valence-corrected chi connectivity index (χ4v) is 4.63. The van der Waals surface area contributed by atoms with E-state index in [1.807, 2.05) is 71.0 Å². The van der Waals surface area contributed by atoms with Crippen molar-refractivity contribution in [3.8, 4) is 11.3 Å². The average Bonchev–Trinajstić information content (AvgIpc) is 3.56. The van der Waals surface area contributed by atoms with E-state index in [2.05, 4.69) is 40.6 Å². The Bertz CT molecular complexity index is 1440. The van der Waals surface area contributed by atoms with Crippen LogP contribution in [-0.4, -0.2) is 64.2 Å². The number of likely N-dealkylation sites (N-methyl/N-ethyl adjacent to an activating group) is 2. The maximum absolute atomic E-state index is 13.0. The first kappa shape index (κ1) is 24.5. The molecule has 8 nitrogen and oxygen atoms in total. The molecule has 3 heterocycles. The third kappa shape index (κ3) is 4.93. The Labute approximate surface area is 216 Å². The molecule has 2 aromatic heterocycles. The fraction of sp³-hybridized carbons (Fsp3) is 0.276. The maximum atomic E-state index is 13.0. The number of hydrogen-bond acceptors (Lipinski definition) is 5. The number of rotatable bonds is 9. The lowest BCUT2D eigenvalue weighted by atomic mass is 10.0. The van der Waals surface area contributed by atoms with E-state index in [0.29, 0.717) is 25.2 Å². The molecule has 5 rings (SSSR count). The van der Waals surface area contributed by atoms with Crippen molar-refractivity contribution in [2.24, 2.45) is 0 Å². The SMILES string of the molecule is CCN(C)CCN(CC)C(=O)c1ccc(Nc2ccc(-c3ccc4c(c3)CNC4=O)n3ccnc23)cc1. The highest BCUT2D eigenvalue weighted by atomic mass is 16.2. The van der Waals surface area contributed by atoms with Crippen LogP contribution in [0.3, 0.4) is 0 Å². The van der Waals surface area contributed by atoms with Gasteiger partial charge in [0.25, 0.3) is 11.8 Å². The van der Waals surface area contributed by atoms with Gasteiger partial charge >= 0.3 is 0 Å². The number of carbonyl (C=O) groups excluding carboxylic acids is 2. The van der Waals surface area contributed by atoms with Gasteiger partial charge < -0.3 is 20.4 Å². The van der Waals surface area contributed by atoms with Gasteiger partial charge in [-0.25, -0.2) is 4.98 Å². The van der Waals surface area contributed by atoms with Crippen LogP contribution in [0.5, 0.6) is 0 Å². The molecule has 0 aliphatic carbocycles. The van der Waals surface area contributed by atoms with Gasteiger partial charge in [0.15, 0.2) is 5.65 Å². The molecule has 1 aliphatic rings. The number of aromatic nitrogens is 2. The quantitative estimate of drug-likeness (QED) is 0.359. The molecular weight excluding hydrogens is 464 g/mol. The zero-order chi connectivity index (χ0) is 25.9. The average molecular weight is 497 g/mol. The highest BCUT2D eigenvalue weighted by Crippen LogP contribution is 2.30. The first-order valence-electron chi connectivity index (χ1n) is 12.7. The lowest BCUT2D eigenvalue weighted by Crippen LogP contribution is -2.37. The summed E-state index contributed by atoms with van der Waals surface area (Å²) in [7, 11) is 2.06. The minimum absolute atomic E-state index is 0.0203. The van der Waals surface area contributed by atoms with Crippen molar-refractivity contribution in [1.29, 1.82) is 0 Å². The van der Waals surface area contributed by atoms with Crippen molar-refractivity contribution in [1.82, 2.24) is 24.5 Å². The van der Waals surface area contributed by atoms with E-state index in [4.69, 9.17) is 0 Å². The summed E-state index contributed by atoms with van der Waals surface area (Å²) in [5.41, 5.74) is 6.98. The van der Waals surface area contributed by atoms with E-state index in [0.717, 1.165) is 52.5 Å². The van der Waals surface area contributed by atoms with E-state index in [1.54, 1.807) is 6.20 Å². The molecule has 0 bridgehead atoms. The third-order valence-electron chi connectivity index (χ3n) is 7.01. The second-order valence-corrected chi connectivity index (χ2v) is 9.29. The highest BCUT2D eigenvalue weighted by Gasteiger charge is 2.20. The van der Waals surface area contributed by atoms with Crippen LogP contribution in [0.2, 0.25) is 0 Å². The summed E-state index contributed by atoms with van der Waals surface area (Å²) in [5, 5.41) is 6.32. The van der Waals surface area contributed by atoms with Crippen LogP contribution >= 0.6 is 0 Å². The van der Waals surface area contributed by atoms with E-state index >= 15 is 0 Å². The van der Waals surface area contributed by atoms with Gasteiger partial charge in [0.05, 0.1) is 11.4 Å². The molecule has 2 aromatic carbocycles. The monoisotopic (exact) mass is 496 g/mol.